The molecule has 0 atom stereocenters. The van der Waals surface area contributed by atoms with Crippen molar-refractivity contribution < 1.29 is 4.79 Å². The highest BCUT2D eigenvalue weighted by Gasteiger charge is 2.11. The molecule has 0 radical (unpaired) electrons. The Bertz CT molecular complexity index is 591. The molecule has 0 bridgehead atoms. The van der Waals surface area contributed by atoms with Gasteiger partial charge < -0.3 is 15.6 Å². The van der Waals surface area contributed by atoms with E-state index in [-0.39, 0.29) is 5.91 Å². The average molecular weight is 308 g/mol. The SMILES string of the molecule is CC(C)c1nncn1CCNC(=O)c1csc(CCN)n1. The van der Waals surface area contributed by atoms with Crippen LogP contribution in [-0.4, -0.2) is 38.7 Å². The summed E-state index contributed by atoms with van der Waals surface area (Å²) in [5, 5.41) is 13.5. The van der Waals surface area contributed by atoms with E-state index in [4.69, 9.17) is 5.73 Å². The second-order valence-corrected chi connectivity index (χ2v) is 5.90. The van der Waals surface area contributed by atoms with Gasteiger partial charge in [-0.3, -0.25) is 4.79 Å². The van der Waals surface area contributed by atoms with Crippen LogP contribution in [0.2, 0.25) is 0 Å². The normalized spacial score (nSPS) is 11.0. The molecule has 0 aromatic carbocycles. The quantitative estimate of drug-likeness (QED) is 0.788. The zero-order valence-electron chi connectivity index (χ0n) is 12.2. The third-order valence-electron chi connectivity index (χ3n) is 2.94. The van der Waals surface area contributed by atoms with Crippen LogP contribution in [0.4, 0.5) is 0 Å². The van der Waals surface area contributed by atoms with Gasteiger partial charge >= 0.3 is 0 Å². The molecule has 0 saturated heterocycles. The maximum absolute atomic E-state index is 12.0. The van der Waals surface area contributed by atoms with Crippen LogP contribution < -0.4 is 11.1 Å². The zero-order valence-corrected chi connectivity index (χ0v) is 13.1. The number of nitrogens with two attached hydrogens (primary N) is 1. The van der Waals surface area contributed by atoms with Crippen molar-refractivity contribution in [3.63, 3.8) is 0 Å². The fraction of sp³-hybridized carbons (Fsp3) is 0.538. The van der Waals surface area contributed by atoms with Crippen molar-refractivity contribution in [1.82, 2.24) is 25.1 Å². The van der Waals surface area contributed by atoms with Crippen LogP contribution in [-0.2, 0) is 13.0 Å². The maximum atomic E-state index is 12.0. The first kappa shape index (κ1) is 15.6. The molecule has 0 unspecified atom stereocenters. The summed E-state index contributed by atoms with van der Waals surface area (Å²) in [7, 11) is 0. The van der Waals surface area contributed by atoms with Gasteiger partial charge in [0.05, 0.1) is 5.01 Å². The van der Waals surface area contributed by atoms with Gasteiger partial charge in [0, 0.05) is 30.8 Å². The molecule has 1 amide bonds. The number of thiazole rings is 1. The van der Waals surface area contributed by atoms with Crippen molar-refractivity contribution in [2.24, 2.45) is 5.73 Å². The highest BCUT2D eigenvalue weighted by molar-refractivity contribution is 7.09. The molecule has 0 aliphatic carbocycles. The molecule has 2 aromatic heterocycles. The first-order valence-electron chi connectivity index (χ1n) is 6.92. The van der Waals surface area contributed by atoms with E-state index in [2.05, 4.69) is 34.3 Å². The molecule has 0 saturated carbocycles. The lowest BCUT2D eigenvalue weighted by Gasteiger charge is -2.09. The lowest BCUT2D eigenvalue weighted by Crippen LogP contribution is -2.28. The van der Waals surface area contributed by atoms with Gasteiger partial charge in [-0.15, -0.1) is 21.5 Å². The first-order chi connectivity index (χ1) is 10.1. The van der Waals surface area contributed by atoms with Crippen LogP contribution in [0.5, 0.6) is 0 Å². The van der Waals surface area contributed by atoms with Gasteiger partial charge in [-0.2, -0.15) is 0 Å². The van der Waals surface area contributed by atoms with Crippen molar-refractivity contribution in [1.29, 1.82) is 0 Å². The summed E-state index contributed by atoms with van der Waals surface area (Å²) in [6, 6.07) is 0. The number of nitrogens with zero attached hydrogens (tertiary/aromatic N) is 4. The molecule has 0 aliphatic heterocycles. The second-order valence-electron chi connectivity index (χ2n) is 4.96. The largest absolute Gasteiger partial charge is 0.349 e. The Kier molecular flexibility index (Phi) is 5.40. The van der Waals surface area contributed by atoms with E-state index in [9.17, 15) is 4.79 Å². The van der Waals surface area contributed by atoms with Gasteiger partial charge in [0.15, 0.2) is 0 Å². The minimum absolute atomic E-state index is 0.159. The molecule has 0 spiro atoms. The summed E-state index contributed by atoms with van der Waals surface area (Å²) >= 11 is 1.46. The number of carbonyl (C=O) groups is 1. The number of carbonyl (C=O) groups excluding carboxylic acids is 1. The molecular weight excluding hydrogens is 288 g/mol. The average Bonchev–Trinajstić information content (AvgIpc) is 3.08. The second kappa shape index (κ2) is 7.28. The number of rotatable bonds is 7. The Morgan fingerprint density at radius 3 is 3.05 bits per heavy atom. The van der Waals surface area contributed by atoms with Crippen LogP contribution in [0.25, 0.3) is 0 Å². The monoisotopic (exact) mass is 308 g/mol. The van der Waals surface area contributed by atoms with E-state index < -0.39 is 0 Å². The topological polar surface area (TPSA) is 98.7 Å². The van der Waals surface area contributed by atoms with Crippen LogP contribution in [0.3, 0.4) is 0 Å². The van der Waals surface area contributed by atoms with Crippen LogP contribution in [0.15, 0.2) is 11.7 Å². The fourth-order valence-corrected chi connectivity index (χ4v) is 2.71. The predicted molar refractivity (Wildman–Crippen MR) is 81.3 cm³/mol. The number of amides is 1. The van der Waals surface area contributed by atoms with E-state index in [0.717, 1.165) is 10.8 Å². The smallest absolute Gasteiger partial charge is 0.270 e. The summed E-state index contributed by atoms with van der Waals surface area (Å²) in [6.45, 7) is 5.83. The van der Waals surface area contributed by atoms with Crippen molar-refractivity contribution in [2.75, 3.05) is 13.1 Å². The molecule has 2 rings (SSSR count). The Hall–Kier alpha value is -1.80. The minimum Gasteiger partial charge on any atom is -0.349 e. The molecule has 3 N–H and O–H groups in total. The van der Waals surface area contributed by atoms with Gasteiger partial charge in [0.25, 0.3) is 5.91 Å². The Morgan fingerprint density at radius 2 is 2.33 bits per heavy atom. The van der Waals surface area contributed by atoms with E-state index in [1.54, 1.807) is 11.7 Å². The van der Waals surface area contributed by atoms with E-state index in [1.807, 2.05) is 4.57 Å². The van der Waals surface area contributed by atoms with Gasteiger partial charge in [0.1, 0.15) is 17.8 Å². The van der Waals surface area contributed by atoms with Crippen LogP contribution in [0.1, 0.15) is 41.1 Å². The molecule has 2 aromatic rings. The van der Waals surface area contributed by atoms with Crippen LogP contribution >= 0.6 is 11.3 Å². The van der Waals surface area contributed by atoms with Crippen molar-refractivity contribution in [3.05, 3.63) is 28.2 Å². The molecule has 0 fully saturated rings. The number of hydrogen-bond donors (Lipinski definition) is 2. The Morgan fingerprint density at radius 1 is 1.52 bits per heavy atom. The first-order valence-corrected chi connectivity index (χ1v) is 7.80. The van der Waals surface area contributed by atoms with Crippen molar-refractivity contribution in [2.45, 2.75) is 32.7 Å². The third kappa shape index (κ3) is 4.08. The van der Waals surface area contributed by atoms with Gasteiger partial charge in [-0.05, 0) is 6.54 Å². The standard InChI is InChI=1S/C13H20N6OS/c1-9(2)12-18-16-8-19(12)6-5-15-13(20)10-7-21-11(17-10)3-4-14/h7-9H,3-6,14H2,1-2H3,(H,15,20). The van der Waals surface area contributed by atoms with Gasteiger partial charge in [-0.1, -0.05) is 13.8 Å². The summed E-state index contributed by atoms with van der Waals surface area (Å²) < 4.78 is 1.95. The molecule has 8 heteroatoms. The lowest BCUT2D eigenvalue weighted by atomic mass is 10.2. The highest BCUT2D eigenvalue weighted by atomic mass is 32.1. The summed E-state index contributed by atoms with van der Waals surface area (Å²) in [4.78, 5) is 16.2. The Balaban J connectivity index is 1.85. The van der Waals surface area contributed by atoms with E-state index >= 15 is 0 Å². The highest BCUT2D eigenvalue weighted by Crippen LogP contribution is 2.11. The van der Waals surface area contributed by atoms with Crippen molar-refractivity contribution >= 4 is 17.2 Å². The lowest BCUT2D eigenvalue weighted by molar-refractivity contribution is 0.0947. The van der Waals surface area contributed by atoms with Crippen LogP contribution in [0, 0.1) is 0 Å². The summed E-state index contributed by atoms with van der Waals surface area (Å²) in [5.74, 6) is 1.07. The molecule has 0 aliphatic rings. The molecule has 21 heavy (non-hydrogen) atoms. The molecule has 2 heterocycles. The number of nitrogens with one attached hydrogen (secondary N) is 1. The van der Waals surface area contributed by atoms with Gasteiger partial charge in [0.2, 0.25) is 0 Å². The van der Waals surface area contributed by atoms with E-state index in [0.29, 0.717) is 37.7 Å². The van der Waals surface area contributed by atoms with Crippen molar-refractivity contribution in [3.8, 4) is 0 Å². The summed E-state index contributed by atoms with van der Waals surface area (Å²) in [6.07, 6.45) is 2.39. The molecular formula is C13H20N6OS. The molecule has 114 valence electrons. The third-order valence-corrected chi connectivity index (χ3v) is 3.85. The predicted octanol–water partition coefficient (Wildman–Crippen LogP) is 0.789. The fourth-order valence-electron chi connectivity index (χ4n) is 1.92. The summed E-state index contributed by atoms with van der Waals surface area (Å²) in [5.41, 5.74) is 5.93. The number of aromatic nitrogens is 4. The molecule has 7 nitrogen and oxygen atoms in total. The van der Waals surface area contributed by atoms with Gasteiger partial charge in [-0.25, -0.2) is 4.98 Å². The van der Waals surface area contributed by atoms with E-state index in [1.165, 1.54) is 11.3 Å². The zero-order chi connectivity index (χ0) is 15.2. The Labute approximate surface area is 127 Å². The number of hydrogen-bond acceptors (Lipinski definition) is 6. The maximum Gasteiger partial charge on any atom is 0.270 e. The minimum atomic E-state index is -0.159.